The van der Waals surface area contributed by atoms with Gasteiger partial charge >= 0.3 is 0 Å². The van der Waals surface area contributed by atoms with Gasteiger partial charge in [0.2, 0.25) is 5.91 Å². The third kappa shape index (κ3) is 4.19. The van der Waals surface area contributed by atoms with Crippen LogP contribution in [0.5, 0.6) is 0 Å². The first-order valence-electron chi connectivity index (χ1n) is 8.81. The van der Waals surface area contributed by atoms with Crippen molar-refractivity contribution < 1.29 is 4.79 Å². The zero-order valence-electron chi connectivity index (χ0n) is 13.9. The molecule has 2 fully saturated rings. The van der Waals surface area contributed by atoms with Crippen LogP contribution in [0.2, 0.25) is 0 Å². The first kappa shape index (κ1) is 16.8. The van der Waals surface area contributed by atoms with Crippen molar-refractivity contribution in [2.24, 2.45) is 5.73 Å². The summed E-state index contributed by atoms with van der Waals surface area (Å²) in [6, 6.07) is 1.29. The summed E-state index contributed by atoms with van der Waals surface area (Å²) in [6.07, 6.45) is 13.2. The molecule has 2 rings (SSSR count). The van der Waals surface area contributed by atoms with Crippen molar-refractivity contribution in [2.45, 2.75) is 88.8 Å². The number of hydrogen-bond donors (Lipinski definition) is 2. The summed E-state index contributed by atoms with van der Waals surface area (Å²) in [5.41, 5.74) is 5.04. The Balaban J connectivity index is 2.11. The molecule has 0 aliphatic heterocycles. The Morgan fingerprint density at radius 1 is 1.05 bits per heavy atom. The smallest absolute Gasteiger partial charge is 0.238 e. The lowest BCUT2D eigenvalue weighted by molar-refractivity contribution is -0.125. The van der Waals surface area contributed by atoms with Crippen LogP contribution in [0.3, 0.4) is 0 Å². The van der Waals surface area contributed by atoms with Crippen LogP contribution in [0.25, 0.3) is 0 Å². The Bertz CT molecular complexity index is 317. The predicted octanol–water partition coefficient (Wildman–Crippen LogP) is 2.42. The highest BCUT2D eigenvalue weighted by atomic mass is 16.1. The van der Waals surface area contributed by atoms with Crippen LogP contribution in [-0.2, 0) is 4.79 Å². The van der Waals surface area contributed by atoms with Crippen molar-refractivity contribution in [2.75, 3.05) is 13.6 Å². The van der Waals surface area contributed by atoms with E-state index in [0.29, 0.717) is 12.1 Å². The summed E-state index contributed by atoms with van der Waals surface area (Å²) in [6.45, 7) is 2.71. The van der Waals surface area contributed by atoms with Crippen LogP contribution >= 0.6 is 0 Å². The van der Waals surface area contributed by atoms with Gasteiger partial charge in [-0.3, -0.25) is 9.69 Å². The zero-order valence-corrected chi connectivity index (χ0v) is 13.9. The number of nitrogens with one attached hydrogen (secondary N) is 1. The fourth-order valence-electron chi connectivity index (χ4n) is 4.03. The molecule has 2 saturated carbocycles. The highest BCUT2D eigenvalue weighted by molar-refractivity contribution is 5.84. The molecule has 2 aliphatic carbocycles. The normalized spacial score (nSPS) is 24.9. The molecular formula is C17H33N3O. The van der Waals surface area contributed by atoms with E-state index in [9.17, 15) is 4.79 Å². The van der Waals surface area contributed by atoms with E-state index in [2.05, 4.69) is 10.2 Å². The topological polar surface area (TPSA) is 58.4 Å². The van der Waals surface area contributed by atoms with E-state index in [0.717, 1.165) is 6.54 Å². The highest BCUT2D eigenvalue weighted by Crippen LogP contribution is 2.31. The van der Waals surface area contributed by atoms with E-state index in [-0.39, 0.29) is 5.91 Å². The van der Waals surface area contributed by atoms with E-state index in [1.807, 2.05) is 14.0 Å². The summed E-state index contributed by atoms with van der Waals surface area (Å²) >= 11 is 0. The van der Waals surface area contributed by atoms with Crippen LogP contribution in [0.15, 0.2) is 0 Å². The second kappa shape index (κ2) is 7.59. The number of amides is 1. The second-order valence-electron chi connectivity index (χ2n) is 7.20. The molecule has 2 aliphatic rings. The maximum Gasteiger partial charge on any atom is 0.238 e. The van der Waals surface area contributed by atoms with Gasteiger partial charge in [0, 0.05) is 18.6 Å². The molecule has 1 amide bonds. The van der Waals surface area contributed by atoms with E-state index < -0.39 is 5.54 Å². The molecule has 0 heterocycles. The lowest BCUT2D eigenvalue weighted by atomic mass is 9.86. The molecule has 1 unspecified atom stereocenters. The maximum atomic E-state index is 11.9. The number of carbonyl (C=O) groups is 1. The number of carbonyl (C=O) groups excluding carboxylic acids is 1. The number of hydrogen-bond acceptors (Lipinski definition) is 3. The summed E-state index contributed by atoms with van der Waals surface area (Å²) in [4.78, 5) is 14.5. The number of nitrogens with zero attached hydrogens (tertiary/aromatic N) is 1. The molecule has 0 aromatic heterocycles. The Morgan fingerprint density at radius 2 is 1.48 bits per heavy atom. The number of nitrogens with two attached hydrogens (primary N) is 1. The summed E-state index contributed by atoms with van der Waals surface area (Å²) in [5.74, 6) is -0.235. The monoisotopic (exact) mass is 295 g/mol. The predicted molar refractivity (Wildman–Crippen MR) is 87.1 cm³/mol. The van der Waals surface area contributed by atoms with Crippen molar-refractivity contribution >= 4 is 5.91 Å². The Hall–Kier alpha value is -0.610. The average molecular weight is 295 g/mol. The van der Waals surface area contributed by atoms with Gasteiger partial charge in [-0.05, 0) is 39.7 Å². The molecule has 0 aromatic rings. The van der Waals surface area contributed by atoms with Gasteiger partial charge in [-0.25, -0.2) is 0 Å². The van der Waals surface area contributed by atoms with Gasteiger partial charge in [-0.2, -0.15) is 0 Å². The molecule has 1 atom stereocenters. The van der Waals surface area contributed by atoms with Crippen LogP contribution in [-0.4, -0.2) is 42.0 Å². The minimum atomic E-state index is -0.616. The standard InChI is InChI=1S/C17H33N3O/c1-17(19-2,16(18)21)13-20(14-9-5-3-6-10-14)15-11-7-4-8-12-15/h14-15,19H,3-13H2,1-2H3,(H2,18,21). The Kier molecular flexibility index (Phi) is 6.06. The summed E-state index contributed by atoms with van der Waals surface area (Å²) in [7, 11) is 1.85. The van der Waals surface area contributed by atoms with Crippen molar-refractivity contribution in [1.29, 1.82) is 0 Å². The Labute approximate surface area is 129 Å². The van der Waals surface area contributed by atoms with E-state index >= 15 is 0 Å². The van der Waals surface area contributed by atoms with Crippen molar-refractivity contribution in [3.05, 3.63) is 0 Å². The summed E-state index contributed by atoms with van der Waals surface area (Å²) in [5, 5.41) is 3.17. The average Bonchev–Trinajstić information content (AvgIpc) is 2.54. The fourth-order valence-corrected chi connectivity index (χ4v) is 4.03. The SMILES string of the molecule is CNC(C)(CN(C1CCCCC1)C1CCCCC1)C(N)=O. The molecule has 21 heavy (non-hydrogen) atoms. The lowest BCUT2D eigenvalue weighted by Crippen LogP contribution is -2.61. The van der Waals surface area contributed by atoms with E-state index in [1.165, 1.54) is 64.2 Å². The second-order valence-corrected chi connectivity index (χ2v) is 7.20. The molecule has 4 nitrogen and oxygen atoms in total. The van der Waals surface area contributed by atoms with Gasteiger partial charge < -0.3 is 11.1 Å². The van der Waals surface area contributed by atoms with Crippen LogP contribution in [0.1, 0.15) is 71.1 Å². The minimum Gasteiger partial charge on any atom is -0.368 e. The van der Waals surface area contributed by atoms with Crippen LogP contribution in [0.4, 0.5) is 0 Å². The lowest BCUT2D eigenvalue weighted by Gasteiger charge is -2.45. The number of rotatable bonds is 6. The molecule has 4 heteroatoms. The molecule has 0 bridgehead atoms. The first-order valence-corrected chi connectivity index (χ1v) is 8.81. The fraction of sp³-hybridized carbons (Fsp3) is 0.941. The molecule has 0 radical (unpaired) electrons. The van der Waals surface area contributed by atoms with Crippen LogP contribution < -0.4 is 11.1 Å². The van der Waals surface area contributed by atoms with Crippen molar-refractivity contribution in [3.63, 3.8) is 0 Å². The summed E-state index contributed by atoms with van der Waals surface area (Å²) < 4.78 is 0. The Morgan fingerprint density at radius 3 is 1.81 bits per heavy atom. The van der Waals surface area contributed by atoms with Crippen molar-refractivity contribution in [1.82, 2.24) is 10.2 Å². The van der Waals surface area contributed by atoms with Crippen molar-refractivity contribution in [3.8, 4) is 0 Å². The highest BCUT2D eigenvalue weighted by Gasteiger charge is 2.37. The number of likely N-dealkylation sites (N-methyl/N-ethyl adjacent to an activating group) is 1. The van der Waals surface area contributed by atoms with Crippen LogP contribution in [0, 0.1) is 0 Å². The molecule has 0 spiro atoms. The van der Waals surface area contributed by atoms with Gasteiger partial charge in [-0.15, -0.1) is 0 Å². The molecule has 3 N–H and O–H groups in total. The third-order valence-electron chi connectivity index (χ3n) is 5.68. The third-order valence-corrected chi connectivity index (χ3v) is 5.68. The molecular weight excluding hydrogens is 262 g/mol. The van der Waals surface area contributed by atoms with Gasteiger partial charge in [0.25, 0.3) is 0 Å². The molecule has 0 saturated heterocycles. The molecule has 122 valence electrons. The largest absolute Gasteiger partial charge is 0.368 e. The van der Waals surface area contributed by atoms with E-state index in [1.54, 1.807) is 0 Å². The minimum absolute atomic E-state index is 0.235. The zero-order chi connectivity index (χ0) is 15.3. The van der Waals surface area contributed by atoms with Gasteiger partial charge in [0.05, 0.1) is 0 Å². The number of primary amides is 1. The van der Waals surface area contributed by atoms with Gasteiger partial charge in [-0.1, -0.05) is 38.5 Å². The van der Waals surface area contributed by atoms with Gasteiger partial charge in [0.15, 0.2) is 0 Å². The van der Waals surface area contributed by atoms with Gasteiger partial charge in [0.1, 0.15) is 5.54 Å². The molecule has 0 aromatic carbocycles. The maximum absolute atomic E-state index is 11.9. The first-order chi connectivity index (χ1) is 10.1. The quantitative estimate of drug-likeness (QED) is 0.791. The van der Waals surface area contributed by atoms with E-state index in [4.69, 9.17) is 5.73 Å².